The van der Waals surface area contributed by atoms with E-state index in [2.05, 4.69) is 13.8 Å². The van der Waals surface area contributed by atoms with Crippen molar-refractivity contribution < 1.29 is 9.53 Å². The molecule has 2 heteroatoms. The molecule has 1 aliphatic rings. The maximum Gasteiger partial charge on any atom is 0.137 e. The summed E-state index contributed by atoms with van der Waals surface area (Å²) < 4.78 is 5.88. The largest absolute Gasteiger partial charge is 0.377 e. The summed E-state index contributed by atoms with van der Waals surface area (Å²) in [6.07, 6.45) is 4.74. The van der Waals surface area contributed by atoms with E-state index in [1.165, 1.54) is 19.3 Å². The van der Waals surface area contributed by atoms with Gasteiger partial charge in [-0.1, -0.05) is 34.1 Å². The zero-order chi connectivity index (χ0) is 12.1. The number of ketones is 1. The highest BCUT2D eigenvalue weighted by Gasteiger charge is 2.30. The van der Waals surface area contributed by atoms with Crippen molar-refractivity contribution in [2.24, 2.45) is 17.8 Å². The molecular weight excluding hydrogens is 200 g/mol. The second-order valence-electron chi connectivity index (χ2n) is 5.62. The van der Waals surface area contributed by atoms with Gasteiger partial charge in [-0.05, 0) is 24.7 Å². The van der Waals surface area contributed by atoms with Crippen LogP contribution in [0, 0.1) is 17.8 Å². The van der Waals surface area contributed by atoms with Gasteiger partial charge < -0.3 is 4.74 Å². The molecule has 0 aromatic heterocycles. The molecule has 1 rings (SSSR count). The van der Waals surface area contributed by atoms with Crippen molar-refractivity contribution >= 4 is 5.78 Å². The van der Waals surface area contributed by atoms with Crippen molar-refractivity contribution in [3.63, 3.8) is 0 Å². The van der Waals surface area contributed by atoms with Crippen LogP contribution in [0.1, 0.15) is 53.4 Å². The van der Waals surface area contributed by atoms with Crippen LogP contribution < -0.4 is 0 Å². The molecular formula is C14H26O2. The van der Waals surface area contributed by atoms with Crippen molar-refractivity contribution in [3.05, 3.63) is 0 Å². The van der Waals surface area contributed by atoms with E-state index in [4.69, 9.17) is 4.74 Å². The maximum atomic E-state index is 11.5. The van der Waals surface area contributed by atoms with Gasteiger partial charge in [0.05, 0.1) is 12.7 Å². The standard InChI is InChI=1S/C14H26O2/c1-10(2)12-6-5-7-14(12)16-9-8-13(15)11(3)4/h10-12,14H,5-9H2,1-4H3. The molecule has 94 valence electrons. The Bertz CT molecular complexity index is 221. The first kappa shape index (κ1) is 13.7. The van der Waals surface area contributed by atoms with Crippen molar-refractivity contribution in [1.29, 1.82) is 0 Å². The van der Waals surface area contributed by atoms with Gasteiger partial charge in [0.1, 0.15) is 5.78 Å². The van der Waals surface area contributed by atoms with Crippen LogP contribution in [0.3, 0.4) is 0 Å². The van der Waals surface area contributed by atoms with E-state index < -0.39 is 0 Å². The Kier molecular flexibility index (Phi) is 5.47. The van der Waals surface area contributed by atoms with E-state index >= 15 is 0 Å². The second kappa shape index (κ2) is 6.39. The first-order valence-corrected chi connectivity index (χ1v) is 6.66. The van der Waals surface area contributed by atoms with E-state index in [-0.39, 0.29) is 5.92 Å². The molecule has 0 aliphatic heterocycles. The fourth-order valence-corrected chi connectivity index (χ4v) is 2.52. The van der Waals surface area contributed by atoms with Crippen LogP contribution in [0.5, 0.6) is 0 Å². The molecule has 1 fully saturated rings. The Labute approximate surface area is 99.8 Å². The van der Waals surface area contributed by atoms with Gasteiger partial charge in [-0.25, -0.2) is 0 Å². The molecule has 0 aromatic rings. The molecule has 0 N–H and O–H groups in total. The molecule has 16 heavy (non-hydrogen) atoms. The molecule has 1 saturated carbocycles. The van der Waals surface area contributed by atoms with Gasteiger partial charge in [0.2, 0.25) is 0 Å². The molecule has 0 amide bonds. The summed E-state index contributed by atoms with van der Waals surface area (Å²) in [6.45, 7) is 9.06. The fraction of sp³-hybridized carbons (Fsp3) is 0.929. The van der Waals surface area contributed by atoms with Crippen LogP contribution in [0.4, 0.5) is 0 Å². The number of carbonyl (C=O) groups excluding carboxylic acids is 1. The number of ether oxygens (including phenoxy) is 1. The van der Waals surface area contributed by atoms with Gasteiger partial charge in [0.15, 0.2) is 0 Å². The highest BCUT2D eigenvalue weighted by Crippen LogP contribution is 2.33. The summed E-state index contributed by atoms with van der Waals surface area (Å²) in [7, 11) is 0. The topological polar surface area (TPSA) is 26.3 Å². The second-order valence-corrected chi connectivity index (χ2v) is 5.62. The van der Waals surface area contributed by atoms with Gasteiger partial charge in [-0.2, -0.15) is 0 Å². The van der Waals surface area contributed by atoms with E-state index in [9.17, 15) is 4.79 Å². The van der Waals surface area contributed by atoms with Gasteiger partial charge in [0, 0.05) is 12.3 Å². The first-order valence-electron chi connectivity index (χ1n) is 6.66. The van der Waals surface area contributed by atoms with E-state index in [1.807, 2.05) is 13.8 Å². The third-order valence-electron chi connectivity index (χ3n) is 3.68. The van der Waals surface area contributed by atoms with Gasteiger partial charge in [-0.15, -0.1) is 0 Å². The normalized spacial score (nSPS) is 25.6. The highest BCUT2D eigenvalue weighted by molar-refractivity contribution is 5.80. The lowest BCUT2D eigenvalue weighted by atomic mass is 9.92. The predicted molar refractivity (Wildman–Crippen MR) is 66.4 cm³/mol. The Morgan fingerprint density at radius 2 is 1.94 bits per heavy atom. The third kappa shape index (κ3) is 3.89. The van der Waals surface area contributed by atoms with Gasteiger partial charge in [-0.3, -0.25) is 4.79 Å². The summed E-state index contributed by atoms with van der Waals surface area (Å²) >= 11 is 0. The Balaban J connectivity index is 2.24. The van der Waals surface area contributed by atoms with E-state index in [1.54, 1.807) is 0 Å². The molecule has 0 spiro atoms. The van der Waals surface area contributed by atoms with Crippen LogP contribution in [0.2, 0.25) is 0 Å². The minimum Gasteiger partial charge on any atom is -0.377 e. The zero-order valence-electron chi connectivity index (χ0n) is 11.2. The molecule has 0 bridgehead atoms. The predicted octanol–water partition coefficient (Wildman–Crippen LogP) is 3.44. The molecule has 0 radical (unpaired) electrons. The Morgan fingerprint density at radius 1 is 1.25 bits per heavy atom. The van der Waals surface area contributed by atoms with Crippen LogP contribution in [-0.2, 0) is 9.53 Å². The van der Waals surface area contributed by atoms with Gasteiger partial charge >= 0.3 is 0 Å². The maximum absolute atomic E-state index is 11.5. The monoisotopic (exact) mass is 226 g/mol. The lowest BCUT2D eigenvalue weighted by molar-refractivity contribution is -0.123. The van der Waals surface area contributed by atoms with Gasteiger partial charge in [0.25, 0.3) is 0 Å². The zero-order valence-corrected chi connectivity index (χ0v) is 11.2. The fourth-order valence-electron chi connectivity index (χ4n) is 2.52. The van der Waals surface area contributed by atoms with E-state index in [0.717, 1.165) is 0 Å². The average Bonchev–Trinajstić information content (AvgIpc) is 2.65. The van der Waals surface area contributed by atoms with Crippen molar-refractivity contribution in [2.75, 3.05) is 6.61 Å². The number of rotatable bonds is 6. The third-order valence-corrected chi connectivity index (χ3v) is 3.68. The smallest absolute Gasteiger partial charge is 0.137 e. The van der Waals surface area contributed by atoms with E-state index in [0.29, 0.717) is 36.8 Å². The molecule has 0 saturated heterocycles. The minimum absolute atomic E-state index is 0.146. The molecule has 2 atom stereocenters. The van der Waals surface area contributed by atoms with Crippen LogP contribution >= 0.6 is 0 Å². The summed E-state index contributed by atoms with van der Waals surface area (Å²) in [5, 5.41) is 0. The molecule has 0 aromatic carbocycles. The number of hydrogen-bond acceptors (Lipinski definition) is 2. The Hall–Kier alpha value is -0.370. The molecule has 2 unspecified atom stereocenters. The summed E-state index contributed by atoms with van der Waals surface area (Å²) in [5.41, 5.74) is 0. The quantitative estimate of drug-likeness (QED) is 0.693. The Morgan fingerprint density at radius 3 is 2.50 bits per heavy atom. The van der Waals surface area contributed by atoms with Crippen molar-refractivity contribution in [3.8, 4) is 0 Å². The lowest BCUT2D eigenvalue weighted by Crippen LogP contribution is -2.24. The van der Waals surface area contributed by atoms with Crippen LogP contribution in [-0.4, -0.2) is 18.5 Å². The molecule has 2 nitrogen and oxygen atoms in total. The summed E-state index contributed by atoms with van der Waals surface area (Å²) in [6, 6.07) is 0. The number of Topliss-reactive ketones (excluding diaryl/α,β-unsaturated/α-hetero) is 1. The number of hydrogen-bond donors (Lipinski definition) is 0. The summed E-state index contributed by atoms with van der Waals surface area (Å²) in [5.74, 6) is 1.87. The first-order chi connectivity index (χ1) is 7.52. The average molecular weight is 226 g/mol. The van der Waals surface area contributed by atoms with Crippen molar-refractivity contribution in [2.45, 2.75) is 59.5 Å². The highest BCUT2D eigenvalue weighted by atomic mass is 16.5. The SMILES string of the molecule is CC(C)C(=O)CCOC1CCCC1C(C)C. The minimum atomic E-state index is 0.146. The lowest BCUT2D eigenvalue weighted by Gasteiger charge is -2.23. The van der Waals surface area contributed by atoms with Crippen LogP contribution in [0.15, 0.2) is 0 Å². The number of carbonyl (C=O) groups is 1. The van der Waals surface area contributed by atoms with Crippen molar-refractivity contribution in [1.82, 2.24) is 0 Å². The summed E-state index contributed by atoms with van der Waals surface area (Å²) in [4.78, 5) is 11.5. The molecule has 1 aliphatic carbocycles. The molecule has 0 heterocycles. The van der Waals surface area contributed by atoms with Crippen LogP contribution in [0.25, 0.3) is 0 Å².